The first-order valence-corrected chi connectivity index (χ1v) is 12.1. The van der Waals surface area contributed by atoms with Crippen LogP contribution in [0.4, 0.5) is 0 Å². The van der Waals surface area contributed by atoms with Gasteiger partial charge in [-0.25, -0.2) is 9.97 Å². The van der Waals surface area contributed by atoms with E-state index >= 15 is 0 Å². The predicted molar refractivity (Wildman–Crippen MR) is 119 cm³/mol. The number of aromatic nitrogens is 3. The van der Waals surface area contributed by atoms with Crippen molar-refractivity contribution in [2.45, 2.75) is 70.4 Å². The van der Waals surface area contributed by atoms with E-state index in [0.29, 0.717) is 23.9 Å². The summed E-state index contributed by atoms with van der Waals surface area (Å²) in [6, 6.07) is 2.66. The van der Waals surface area contributed by atoms with E-state index < -0.39 is 0 Å². The molecule has 2 saturated heterocycles. The van der Waals surface area contributed by atoms with Gasteiger partial charge in [0.15, 0.2) is 0 Å². The van der Waals surface area contributed by atoms with Crippen molar-refractivity contribution in [2.24, 2.45) is 5.92 Å². The lowest BCUT2D eigenvalue weighted by Gasteiger charge is -2.38. The van der Waals surface area contributed by atoms with Gasteiger partial charge in [0.2, 0.25) is 5.78 Å². The van der Waals surface area contributed by atoms with Crippen molar-refractivity contribution in [1.82, 2.24) is 24.2 Å². The summed E-state index contributed by atoms with van der Waals surface area (Å²) in [5.41, 5.74) is 1.39. The molecule has 3 aliphatic rings. The molecular formula is C24H35N5O2. The Bertz CT molecular complexity index is 893. The largest absolute Gasteiger partial charge is 0.376 e. The third-order valence-electron chi connectivity index (χ3n) is 7.48. The summed E-state index contributed by atoms with van der Waals surface area (Å²) in [6.07, 6.45) is 13.8. The quantitative estimate of drug-likeness (QED) is 0.711. The third kappa shape index (κ3) is 4.48. The van der Waals surface area contributed by atoms with Gasteiger partial charge in [0.1, 0.15) is 5.69 Å². The van der Waals surface area contributed by atoms with Crippen molar-refractivity contribution in [2.75, 3.05) is 32.8 Å². The average molecular weight is 426 g/mol. The minimum Gasteiger partial charge on any atom is -0.376 e. The number of rotatable bonds is 6. The molecule has 5 rings (SSSR count). The summed E-state index contributed by atoms with van der Waals surface area (Å²) in [7, 11) is 0. The third-order valence-corrected chi connectivity index (χ3v) is 7.48. The minimum absolute atomic E-state index is 0.0618. The summed E-state index contributed by atoms with van der Waals surface area (Å²) in [6.45, 7) is 6.56. The van der Waals surface area contributed by atoms with E-state index in [0.717, 1.165) is 37.7 Å². The molecular weight excluding hydrogens is 390 g/mol. The zero-order valence-electron chi connectivity index (χ0n) is 18.7. The van der Waals surface area contributed by atoms with Crippen LogP contribution in [0, 0.1) is 12.8 Å². The van der Waals surface area contributed by atoms with Crippen molar-refractivity contribution in [1.29, 1.82) is 0 Å². The lowest BCUT2D eigenvalue weighted by molar-refractivity contribution is 0.0424. The van der Waals surface area contributed by atoms with Gasteiger partial charge in [-0.15, -0.1) is 0 Å². The zero-order valence-corrected chi connectivity index (χ0v) is 18.7. The smallest absolute Gasteiger partial charge is 0.272 e. The van der Waals surface area contributed by atoms with Crippen LogP contribution < -0.4 is 0 Å². The summed E-state index contributed by atoms with van der Waals surface area (Å²) in [5.74, 6) is 1.21. The monoisotopic (exact) mass is 425 g/mol. The van der Waals surface area contributed by atoms with Gasteiger partial charge in [-0.3, -0.25) is 9.20 Å². The van der Waals surface area contributed by atoms with Gasteiger partial charge >= 0.3 is 0 Å². The molecule has 4 heterocycles. The fourth-order valence-corrected chi connectivity index (χ4v) is 5.76. The Morgan fingerprint density at radius 2 is 1.94 bits per heavy atom. The second kappa shape index (κ2) is 9.25. The molecule has 7 nitrogen and oxygen atoms in total. The molecule has 1 aliphatic carbocycles. The molecule has 1 saturated carbocycles. The second-order valence-electron chi connectivity index (χ2n) is 9.60. The van der Waals surface area contributed by atoms with Crippen LogP contribution >= 0.6 is 0 Å². The Morgan fingerprint density at radius 3 is 2.68 bits per heavy atom. The molecule has 1 atom stereocenters. The highest BCUT2D eigenvalue weighted by Crippen LogP contribution is 2.29. The first-order valence-electron chi connectivity index (χ1n) is 12.1. The number of carbonyl (C=O) groups is 1. The summed E-state index contributed by atoms with van der Waals surface area (Å²) < 4.78 is 7.74. The molecule has 2 aromatic rings. The molecule has 168 valence electrons. The van der Waals surface area contributed by atoms with Gasteiger partial charge in [0.05, 0.1) is 11.8 Å². The standard InChI is InChI=1S/C24H35N5O2/c1-18-22(29-12-5-11-25-24(29)26-18)23(30)28(17-21-8-4-15-31-21)16-19-9-13-27(14-10-19)20-6-2-3-7-20/h5,11-12,19-21H,2-4,6-10,13-17H2,1H3/t21-/m1/s1. The van der Waals surface area contributed by atoms with Crippen molar-refractivity contribution in [3.8, 4) is 0 Å². The van der Waals surface area contributed by atoms with E-state index in [4.69, 9.17) is 4.74 Å². The lowest BCUT2D eigenvalue weighted by atomic mass is 9.94. The maximum Gasteiger partial charge on any atom is 0.272 e. The zero-order chi connectivity index (χ0) is 21.2. The van der Waals surface area contributed by atoms with E-state index in [1.54, 1.807) is 6.20 Å². The molecule has 0 spiro atoms. The Balaban J connectivity index is 1.31. The number of carbonyl (C=O) groups excluding carboxylic acids is 1. The molecule has 31 heavy (non-hydrogen) atoms. The number of amides is 1. The summed E-state index contributed by atoms with van der Waals surface area (Å²) in [5, 5.41) is 0. The van der Waals surface area contributed by atoms with E-state index in [2.05, 4.69) is 19.8 Å². The van der Waals surface area contributed by atoms with Gasteiger partial charge in [-0.2, -0.15) is 0 Å². The van der Waals surface area contributed by atoms with Crippen molar-refractivity contribution in [3.05, 3.63) is 29.8 Å². The SMILES string of the molecule is Cc1nc2ncccn2c1C(=O)N(CC1CCN(C2CCCC2)CC1)C[C@H]1CCCO1. The fourth-order valence-electron chi connectivity index (χ4n) is 5.76. The van der Waals surface area contributed by atoms with Crippen LogP contribution in [0.3, 0.4) is 0 Å². The topological polar surface area (TPSA) is 63.0 Å². The van der Waals surface area contributed by atoms with Gasteiger partial charge in [0.25, 0.3) is 5.91 Å². The number of hydrogen-bond acceptors (Lipinski definition) is 5. The molecule has 1 amide bonds. The molecule has 0 N–H and O–H groups in total. The van der Waals surface area contributed by atoms with Gasteiger partial charge in [0, 0.05) is 38.1 Å². The van der Waals surface area contributed by atoms with Crippen LogP contribution in [0.2, 0.25) is 0 Å². The molecule has 2 aliphatic heterocycles. The number of imidazole rings is 1. The number of fused-ring (bicyclic) bond motifs is 1. The minimum atomic E-state index is 0.0618. The maximum absolute atomic E-state index is 13.7. The summed E-state index contributed by atoms with van der Waals surface area (Å²) in [4.78, 5) is 27.3. The first-order chi connectivity index (χ1) is 15.2. The first kappa shape index (κ1) is 20.9. The number of nitrogens with zero attached hydrogens (tertiary/aromatic N) is 5. The number of piperidine rings is 1. The van der Waals surface area contributed by atoms with E-state index in [9.17, 15) is 4.79 Å². The second-order valence-corrected chi connectivity index (χ2v) is 9.60. The number of ether oxygens (including phenoxy) is 1. The van der Waals surface area contributed by atoms with E-state index in [-0.39, 0.29) is 12.0 Å². The van der Waals surface area contributed by atoms with Crippen LogP contribution in [0.1, 0.15) is 67.5 Å². The molecule has 2 aromatic heterocycles. The van der Waals surface area contributed by atoms with Crippen LogP contribution in [0.25, 0.3) is 5.78 Å². The van der Waals surface area contributed by atoms with Gasteiger partial charge < -0.3 is 14.5 Å². The molecule has 7 heteroatoms. The highest BCUT2D eigenvalue weighted by Gasteiger charge is 2.32. The Kier molecular flexibility index (Phi) is 6.23. The van der Waals surface area contributed by atoms with Gasteiger partial charge in [-0.1, -0.05) is 12.8 Å². The Morgan fingerprint density at radius 1 is 1.13 bits per heavy atom. The number of likely N-dealkylation sites (tertiary alicyclic amines) is 1. The molecule has 0 unspecified atom stereocenters. The molecule has 0 radical (unpaired) electrons. The number of aryl methyl sites for hydroxylation is 1. The highest BCUT2D eigenvalue weighted by atomic mass is 16.5. The Labute approximate surface area is 184 Å². The van der Waals surface area contributed by atoms with Crippen LogP contribution in [0.15, 0.2) is 18.5 Å². The van der Waals surface area contributed by atoms with E-state index in [1.807, 2.05) is 23.6 Å². The van der Waals surface area contributed by atoms with Crippen molar-refractivity contribution >= 4 is 11.7 Å². The van der Waals surface area contributed by atoms with Crippen LogP contribution in [0.5, 0.6) is 0 Å². The number of hydrogen-bond donors (Lipinski definition) is 0. The van der Waals surface area contributed by atoms with Crippen molar-refractivity contribution in [3.63, 3.8) is 0 Å². The fraction of sp³-hybridized carbons (Fsp3) is 0.708. The van der Waals surface area contributed by atoms with Crippen molar-refractivity contribution < 1.29 is 9.53 Å². The lowest BCUT2D eigenvalue weighted by Crippen LogP contribution is -2.45. The van der Waals surface area contributed by atoms with Gasteiger partial charge in [-0.05, 0) is 70.5 Å². The normalized spacial score (nSPS) is 23.7. The molecule has 0 bridgehead atoms. The Hall–Kier alpha value is -1.99. The van der Waals surface area contributed by atoms with Crippen LogP contribution in [-0.2, 0) is 4.74 Å². The highest BCUT2D eigenvalue weighted by molar-refractivity contribution is 5.94. The molecule has 0 aromatic carbocycles. The maximum atomic E-state index is 13.7. The summed E-state index contributed by atoms with van der Waals surface area (Å²) >= 11 is 0. The molecule has 3 fully saturated rings. The van der Waals surface area contributed by atoms with E-state index in [1.165, 1.54) is 51.6 Å². The average Bonchev–Trinajstić information content (AvgIpc) is 3.54. The van der Waals surface area contributed by atoms with Crippen LogP contribution in [-0.4, -0.2) is 75.0 Å². The predicted octanol–water partition coefficient (Wildman–Crippen LogP) is 3.31.